The highest BCUT2D eigenvalue weighted by Gasteiger charge is 2.78. The van der Waals surface area contributed by atoms with E-state index >= 15 is 0 Å². The molecule has 7 atom stereocenters. The second-order valence-corrected chi connectivity index (χ2v) is 14.0. The van der Waals surface area contributed by atoms with E-state index in [0.29, 0.717) is 30.4 Å². The molecular weight excluding hydrogens is 474 g/mol. The maximum Gasteiger partial charge on any atom is 0.188 e. The molecule has 2 saturated carbocycles. The number of sulfone groups is 1. The van der Waals surface area contributed by atoms with Crippen LogP contribution in [0.25, 0.3) is 0 Å². The van der Waals surface area contributed by atoms with Crippen LogP contribution in [0.5, 0.6) is 0 Å². The molecule has 2 bridgehead atoms. The van der Waals surface area contributed by atoms with Crippen LogP contribution in [0.15, 0.2) is 65.6 Å². The lowest BCUT2D eigenvalue weighted by atomic mass is 9.70. The summed E-state index contributed by atoms with van der Waals surface area (Å²) in [6.07, 6.45) is 2.10. The van der Waals surface area contributed by atoms with Crippen LogP contribution in [0, 0.1) is 16.7 Å². The zero-order chi connectivity index (χ0) is 25.3. The Morgan fingerprint density at radius 2 is 1.67 bits per heavy atom. The lowest BCUT2D eigenvalue weighted by molar-refractivity contribution is -0.232. The molecule has 2 aromatic carbocycles. The summed E-state index contributed by atoms with van der Waals surface area (Å²) in [5.74, 6) is 0.405. The molecule has 2 aliphatic heterocycles. The molecule has 194 valence electrons. The summed E-state index contributed by atoms with van der Waals surface area (Å²) in [5.41, 5.74) is 0.148. The van der Waals surface area contributed by atoms with Crippen LogP contribution in [-0.4, -0.2) is 49.3 Å². The van der Waals surface area contributed by atoms with Gasteiger partial charge in [-0.3, -0.25) is 4.84 Å². The molecule has 0 aromatic heterocycles. The Hall–Kier alpha value is -1.77. The van der Waals surface area contributed by atoms with Crippen molar-refractivity contribution < 1.29 is 22.7 Å². The van der Waals surface area contributed by atoms with Gasteiger partial charge in [0.1, 0.15) is 11.4 Å². The third-order valence-electron chi connectivity index (χ3n) is 9.98. The van der Waals surface area contributed by atoms with Crippen LogP contribution in [0.3, 0.4) is 0 Å². The van der Waals surface area contributed by atoms with E-state index in [-0.39, 0.29) is 23.0 Å². The van der Waals surface area contributed by atoms with Gasteiger partial charge in [0.25, 0.3) is 0 Å². The quantitative estimate of drug-likeness (QED) is 0.488. The van der Waals surface area contributed by atoms with Crippen molar-refractivity contribution >= 4 is 9.84 Å². The summed E-state index contributed by atoms with van der Waals surface area (Å²) >= 11 is 0. The lowest BCUT2D eigenvalue weighted by Crippen LogP contribution is -2.52. The van der Waals surface area contributed by atoms with Crippen LogP contribution in [0.4, 0.5) is 0 Å². The highest BCUT2D eigenvalue weighted by Crippen LogP contribution is 2.71. The molecule has 2 saturated heterocycles. The van der Waals surface area contributed by atoms with E-state index in [2.05, 4.69) is 20.8 Å². The van der Waals surface area contributed by atoms with E-state index in [4.69, 9.17) is 14.3 Å². The summed E-state index contributed by atoms with van der Waals surface area (Å²) in [7, 11) is -3.73. The van der Waals surface area contributed by atoms with Gasteiger partial charge in [0.15, 0.2) is 15.6 Å². The number of rotatable bonds is 7. The van der Waals surface area contributed by atoms with Crippen LogP contribution >= 0.6 is 0 Å². The predicted octanol–water partition coefficient (Wildman–Crippen LogP) is 4.99. The van der Waals surface area contributed by atoms with Crippen LogP contribution in [0.1, 0.15) is 52.5 Å². The summed E-state index contributed by atoms with van der Waals surface area (Å²) in [6.45, 7) is 9.82. The minimum atomic E-state index is -3.73. The molecule has 2 aliphatic carbocycles. The molecule has 0 unspecified atom stereocenters. The molecule has 6 nitrogen and oxygen atoms in total. The first-order chi connectivity index (χ1) is 17.1. The molecule has 6 rings (SSSR count). The Labute approximate surface area is 214 Å². The van der Waals surface area contributed by atoms with Gasteiger partial charge in [0.05, 0.1) is 23.6 Å². The fourth-order valence-electron chi connectivity index (χ4n) is 7.67. The highest BCUT2D eigenvalue weighted by molar-refractivity contribution is 7.92. The molecular formula is C29H37NO5S. The minimum absolute atomic E-state index is 0.00556. The molecule has 0 spiro atoms. The third kappa shape index (κ3) is 3.33. The number of nitrogens with zero attached hydrogens (tertiary/aromatic N) is 1. The van der Waals surface area contributed by atoms with Crippen molar-refractivity contribution in [1.29, 1.82) is 0 Å². The Bertz CT molecular complexity index is 1220. The fourth-order valence-corrected chi connectivity index (χ4v) is 9.82. The van der Waals surface area contributed by atoms with E-state index in [1.807, 2.05) is 48.4 Å². The molecule has 7 heteroatoms. The molecule has 36 heavy (non-hydrogen) atoms. The topological polar surface area (TPSA) is 65.1 Å². The molecule has 0 radical (unpaired) electrons. The fraction of sp³-hybridized carbons (Fsp3) is 0.586. The van der Waals surface area contributed by atoms with Crippen molar-refractivity contribution in [3.8, 4) is 0 Å². The maximum atomic E-state index is 14.1. The minimum Gasteiger partial charge on any atom is -0.377 e. The van der Waals surface area contributed by atoms with Gasteiger partial charge >= 0.3 is 0 Å². The van der Waals surface area contributed by atoms with Crippen molar-refractivity contribution in [2.24, 2.45) is 16.7 Å². The van der Waals surface area contributed by atoms with Gasteiger partial charge in [-0.1, -0.05) is 69.3 Å². The van der Waals surface area contributed by atoms with Crippen LogP contribution in [-0.2, 0) is 30.8 Å². The van der Waals surface area contributed by atoms with Gasteiger partial charge in [0.2, 0.25) is 0 Å². The van der Waals surface area contributed by atoms with Gasteiger partial charge in [-0.25, -0.2) is 8.42 Å². The first kappa shape index (κ1) is 24.6. The second-order valence-electron chi connectivity index (χ2n) is 11.9. The number of hydroxylamine groups is 2. The molecule has 0 amide bonds. The third-order valence-corrected chi connectivity index (χ3v) is 12.3. The van der Waals surface area contributed by atoms with Crippen molar-refractivity contribution in [2.45, 2.75) is 87.7 Å². The zero-order valence-electron chi connectivity index (χ0n) is 21.6. The normalized spacial score (nSPS) is 38.8. The Morgan fingerprint density at radius 1 is 1.00 bits per heavy atom. The van der Waals surface area contributed by atoms with E-state index in [9.17, 15) is 8.42 Å². The van der Waals surface area contributed by atoms with E-state index in [1.54, 1.807) is 24.3 Å². The maximum absolute atomic E-state index is 14.1. The van der Waals surface area contributed by atoms with Crippen molar-refractivity contribution in [3.63, 3.8) is 0 Å². The van der Waals surface area contributed by atoms with Gasteiger partial charge in [-0.2, -0.15) is 5.06 Å². The molecule has 4 aliphatic rings. The second kappa shape index (κ2) is 8.37. The Kier molecular flexibility index (Phi) is 5.71. The summed E-state index contributed by atoms with van der Waals surface area (Å²) < 4.78 is 41.1. The monoisotopic (exact) mass is 511 g/mol. The largest absolute Gasteiger partial charge is 0.377 e. The average Bonchev–Trinajstić information content (AvgIpc) is 3.45. The number of benzene rings is 2. The highest BCUT2D eigenvalue weighted by atomic mass is 32.2. The van der Waals surface area contributed by atoms with Gasteiger partial charge in [0, 0.05) is 18.4 Å². The first-order valence-electron chi connectivity index (χ1n) is 13.2. The summed E-state index contributed by atoms with van der Waals surface area (Å²) in [5, 5.41) is 1.12. The predicted molar refractivity (Wildman–Crippen MR) is 137 cm³/mol. The van der Waals surface area contributed by atoms with Crippen molar-refractivity contribution in [2.75, 3.05) is 6.61 Å². The first-order valence-corrected chi connectivity index (χ1v) is 14.7. The molecule has 2 heterocycles. The average molecular weight is 512 g/mol. The van der Waals surface area contributed by atoms with Gasteiger partial charge in [-0.15, -0.1) is 0 Å². The van der Waals surface area contributed by atoms with E-state index in [0.717, 1.165) is 18.4 Å². The van der Waals surface area contributed by atoms with Crippen molar-refractivity contribution in [1.82, 2.24) is 5.06 Å². The van der Waals surface area contributed by atoms with Crippen LogP contribution in [0.2, 0.25) is 0 Å². The van der Waals surface area contributed by atoms with E-state index < -0.39 is 26.9 Å². The van der Waals surface area contributed by atoms with Gasteiger partial charge in [-0.05, 0) is 48.8 Å². The SMILES string of the molecule is CC1(C)[C@@H]2CC[C@@]1(C)[C@@H]1O[C@@]3(C)[C@@H](S(=O)(=O)c4ccccc4)[C@H](CCOCc4ccccc4)ON3[C@H]21. The molecule has 4 fully saturated rings. The standard InChI is InChI=1S/C29H37NO5S/c1-27(2)22-15-17-28(27,3)25-24(22)30-29(4,34-25)26(36(31,32)21-13-9-6-10-14-21)23(35-30)16-18-33-19-20-11-7-5-8-12-20/h5-14,22-26H,15-19H2,1-4H3/t22-,23+,24-,25-,26+,28+,29+/m1/s1. The van der Waals surface area contributed by atoms with Crippen LogP contribution < -0.4 is 0 Å². The Balaban J connectivity index is 1.30. The number of ether oxygens (including phenoxy) is 2. The van der Waals surface area contributed by atoms with Crippen molar-refractivity contribution in [3.05, 3.63) is 66.2 Å². The number of hydrogen-bond donors (Lipinski definition) is 0. The van der Waals surface area contributed by atoms with Gasteiger partial charge < -0.3 is 9.47 Å². The smallest absolute Gasteiger partial charge is 0.188 e. The molecule has 0 N–H and O–H groups in total. The molecule has 2 aromatic rings. The number of fused-ring (bicyclic) bond motifs is 7. The van der Waals surface area contributed by atoms with E-state index in [1.165, 1.54) is 0 Å². The number of hydrogen-bond acceptors (Lipinski definition) is 6. The Morgan fingerprint density at radius 3 is 2.36 bits per heavy atom. The zero-order valence-corrected chi connectivity index (χ0v) is 22.4. The summed E-state index contributed by atoms with van der Waals surface area (Å²) in [4.78, 5) is 6.93. The lowest BCUT2D eigenvalue weighted by Gasteiger charge is -2.40. The summed E-state index contributed by atoms with van der Waals surface area (Å²) in [6, 6.07) is 18.8.